The number of nitro benzene ring substituents is 2. The molecule has 1 aliphatic heterocycles. The molecule has 4 rings (SSSR count). The molecule has 1 N–H and O–H groups in total. The van der Waals surface area contributed by atoms with Crippen LogP contribution in [0.3, 0.4) is 0 Å². The molecule has 0 bridgehead atoms. The molecule has 15 heteroatoms. The van der Waals surface area contributed by atoms with Crippen LogP contribution in [0.2, 0.25) is 0 Å². The molecule has 0 saturated heterocycles. The fourth-order valence-corrected chi connectivity index (χ4v) is 4.77. The van der Waals surface area contributed by atoms with Gasteiger partial charge in [-0.25, -0.2) is 0 Å². The summed E-state index contributed by atoms with van der Waals surface area (Å²) in [5.74, 6) is -1.12. The minimum Gasteiger partial charge on any atom is -0.370 e. The molecule has 1 heterocycles. The molecule has 0 aliphatic carbocycles. The maximum Gasteiger partial charge on any atom is 0.304 e. The molecule has 0 atom stereocenters. The van der Waals surface area contributed by atoms with Crippen molar-refractivity contribution in [2.24, 2.45) is 10.2 Å². The number of hydrogen-bond donors (Lipinski definition) is 1. The number of fused-ring (bicyclic) bond motifs is 1. The fraction of sp³-hybridized carbons (Fsp3) is 0.192. The van der Waals surface area contributed by atoms with E-state index in [0.29, 0.717) is 29.9 Å². The van der Waals surface area contributed by atoms with E-state index in [0.717, 1.165) is 12.1 Å². The van der Waals surface area contributed by atoms with Crippen molar-refractivity contribution in [3.8, 4) is 0 Å². The summed E-state index contributed by atoms with van der Waals surface area (Å²) < 4.78 is -0.00911. The first kappa shape index (κ1) is 28.9. The maximum absolute atomic E-state index is 12.7. The van der Waals surface area contributed by atoms with Gasteiger partial charge in [0.15, 0.2) is 5.69 Å². The van der Waals surface area contributed by atoms with Crippen molar-refractivity contribution in [2.75, 3.05) is 29.9 Å². The highest BCUT2D eigenvalue weighted by Gasteiger charge is 2.35. The minimum atomic E-state index is -0.808. The molecule has 3 aromatic carbocycles. The molecule has 3 amide bonds. The normalized spacial score (nSPS) is 12.5. The van der Waals surface area contributed by atoms with Crippen LogP contribution in [0.4, 0.5) is 34.1 Å². The number of carbonyl (C=O) groups excluding carboxylic acids is 3. The molecule has 0 fully saturated rings. The van der Waals surface area contributed by atoms with Crippen molar-refractivity contribution in [2.45, 2.75) is 13.8 Å². The zero-order chi connectivity index (χ0) is 29.8. The predicted octanol–water partition coefficient (Wildman–Crippen LogP) is 5.76. The third kappa shape index (κ3) is 6.09. The number of nitrogens with zero attached hydrogens (tertiary/aromatic N) is 6. The summed E-state index contributed by atoms with van der Waals surface area (Å²) in [6, 6.07) is 13.3. The van der Waals surface area contributed by atoms with E-state index in [1.165, 1.54) is 11.8 Å². The van der Waals surface area contributed by atoms with Crippen LogP contribution in [-0.4, -0.2) is 52.1 Å². The highest BCUT2D eigenvalue weighted by Crippen LogP contribution is 2.41. The first-order valence-electron chi connectivity index (χ1n) is 12.2. The van der Waals surface area contributed by atoms with Gasteiger partial charge in [-0.3, -0.25) is 39.5 Å². The SMILES string of the molecule is CCN(CCN1C(=O)c2ccccc2C1=O)c1ccc(N=Nc2c(Br)cc([N+](=O)[O-])cc2[N+](=O)[O-])c(NC(C)=O)c1. The summed E-state index contributed by atoms with van der Waals surface area (Å²) >= 11 is 3.08. The third-order valence-electron chi connectivity index (χ3n) is 6.20. The molecule has 0 unspecified atom stereocenters. The van der Waals surface area contributed by atoms with Crippen molar-refractivity contribution in [1.82, 2.24) is 4.90 Å². The van der Waals surface area contributed by atoms with E-state index in [1.807, 2.05) is 11.8 Å². The molecular weight excluding hydrogens is 602 g/mol. The summed E-state index contributed by atoms with van der Waals surface area (Å²) in [6.07, 6.45) is 0. The number of azo groups is 1. The largest absolute Gasteiger partial charge is 0.370 e. The molecular formula is C26H22BrN7O7. The number of benzene rings is 3. The Morgan fingerprint density at radius 1 is 1.00 bits per heavy atom. The van der Waals surface area contributed by atoms with E-state index in [-0.39, 0.29) is 39.9 Å². The Kier molecular flexibility index (Phi) is 8.47. The molecule has 41 heavy (non-hydrogen) atoms. The van der Waals surface area contributed by atoms with Crippen LogP contribution in [0.15, 0.2) is 69.3 Å². The lowest BCUT2D eigenvalue weighted by Gasteiger charge is -2.26. The Morgan fingerprint density at radius 2 is 1.66 bits per heavy atom. The van der Waals surface area contributed by atoms with Crippen LogP contribution in [0.5, 0.6) is 0 Å². The minimum absolute atomic E-state index is 0.00911. The van der Waals surface area contributed by atoms with Crippen molar-refractivity contribution in [1.29, 1.82) is 0 Å². The van der Waals surface area contributed by atoms with E-state index < -0.39 is 27.1 Å². The summed E-state index contributed by atoms with van der Waals surface area (Å²) in [5, 5.41) is 33.3. The number of nitrogens with one attached hydrogen (secondary N) is 1. The second-order valence-electron chi connectivity index (χ2n) is 8.78. The maximum atomic E-state index is 12.7. The van der Waals surface area contributed by atoms with Gasteiger partial charge in [0.1, 0.15) is 5.69 Å². The van der Waals surface area contributed by atoms with Crippen LogP contribution < -0.4 is 10.2 Å². The lowest BCUT2D eigenvalue weighted by molar-refractivity contribution is -0.393. The van der Waals surface area contributed by atoms with E-state index in [9.17, 15) is 34.6 Å². The Bertz CT molecular complexity index is 1590. The number of halogens is 1. The van der Waals surface area contributed by atoms with E-state index >= 15 is 0 Å². The fourth-order valence-electron chi connectivity index (χ4n) is 4.25. The molecule has 3 aromatic rings. The van der Waals surface area contributed by atoms with Crippen molar-refractivity contribution in [3.05, 3.63) is 90.4 Å². The van der Waals surface area contributed by atoms with Crippen LogP contribution >= 0.6 is 15.9 Å². The summed E-state index contributed by atoms with van der Waals surface area (Å²) in [7, 11) is 0. The molecule has 0 saturated carbocycles. The lowest BCUT2D eigenvalue weighted by Crippen LogP contribution is -2.38. The van der Waals surface area contributed by atoms with Gasteiger partial charge >= 0.3 is 5.69 Å². The van der Waals surface area contributed by atoms with E-state index in [1.54, 1.807) is 42.5 Å². The highest BCUT2D eigenvalue weighted by atomic mass is 79.9. The Labute approximate surface area is 241 Å². The molecule has 0 spiro atoms. The smallest absolute Gasteiger partial charge is 0.304 e. The number of amides is 3. The molecule has 1 aliphatic rings. The average Bonchev–Trinajstić information content (AvgIpc) is 3.17. The summed E-state index contributed by atoms with van der Waals surface area (Å²) in [4.78, 5) is 61.6. The van der Waals surface area contributed by atoms with Crippen molar-refractivity contribution < 1.29 is 24.2 Å². The Balaban J connectivity index is 1.60. The quantitative estimate of drug-likeness (QED) is 0.128. The number of likely N-dealkylation sites (N-methyl/N-ethyl adjacent to an activating group) is 1. The van der Waals surface area contributed by atoms with Crippen LogP contribution in [0.25, 0.3) is 0 Å². The standard InChI is InChI=1S/C26H22BrN7O7/c1-3-31(10-11-32-25(36)18-6-4-5-7-19(18)26(32)37)16-8-9-21(22(13-16)28-15(2)35)29-30-24-20(27)12-17(33(38)39)14-23(24)34(40)41/h4-9,12-14H,3,10-11H2,1-2H3,(H,28,35). The van der Waals surface area contributed by atoms with Gasteiger partial charge in [0.05, 0.1) is 37.2 Å². The topological polar surface area (TPSA) is 181 Å². The number of anilines is 2. The summed E-state index contributed by atoms with van der Waals surface area (Å²) in [5.41, 5.74) is 0.429. The molecule has 0 aromatic heterocycles. The predicted molar refractivity (Wildman–Crippen MR) is 152 cm³/mol. The van der Waals surface area contributed by atoms with Gasteiger partial charge < -0.3 is 10.2 Å². The number of hydrogen-bond acceptors (Lipinski definition) is 10. The van der Waals surface area contributed by atoms with Gasteiger partial charge in [0, 0.05) is 38.3 Å². The van der Waals surface area contributed by atoms with Crippen LogP contribution in [0.1, 0.15) is 34.6 Å². The van der Waals surface area contributed by atoms with E-state index in [4.69, 9.17) is 0 Å². The monoisotopic (exact) mass is 623 g/mol. The number of rotatable bonds is 10. The van der Waals surface area contributed by atoms with Gasteiger partial charge in [0.2, 0.25) is 5.91 Å². The third-order valence-corrected chi connectivity index (χ3v) is 6.81. The Hall–Kier alpha value is -5.05. The Morgan fingerprint density at radius 3 is 2.22 bits per heavy atom. The molecule has 0 radical (unpaired) electrons. The van der Waals surface area contributed by atoms with Gasteiger partial charge in [-0.1, -0.05) is 12.1 Å². The number of non-ortho nitro benzene ring substituents is 1. The van der Waals surface area contributed by atoms with Crippen molar-refractivity contribution in [3.63, 3.8) is 0 Å². The summed E-state index contributed by atoms with van der Waals surface area (Å²) in [6.45, 7) is 4.13. The lowest BCUT2D eigenvalue weighted by atomic mass is 10.1. The molecule has 14 nitrogen and oxygen atoms in total. The first-order valence-corrected chi connectivity index (χ1v) is 13.0. The second-order valence-corrected chi connectivity index (χ2v) is 9.63. The zero-order valence-corrected chi connectivity index (χ0v) is 23.3. The van der Waals surface area contributed by atoms with Crippen LogP contribution in [0, 0.1) is 20.2 Å². The second kappa shape index (κ2) is 12.0. The highest BCUT2D eigenvalue weighted by molar-refractivity contribution is 9.10. The number of carbonyl (C=O) groups is 3. The van der Waals surface area contributed by atoms with Gasteiger partial charge in [-0.05, 0) is 53.2 Å². The number of imide groups is 1. The number of nitro groups is 2. The van der Waals surface area contributed by atoms with Gasteiger partial charge in [0.25, 0.3) is 17.5 Å². The average molecular weight is 624 g/mol. The van der Waals surface area contributed by atoms with E-state index in [2.05, 4.69) is 31.5 Å². The first-order chi connectivity index (χ1) is 19.5. The molecule has 210 valence electrons. The van der Waals surface area contributed by atoms with Crippen LogP contribution in [-0.2, 0) is 4.79 Å². The van der Waals surface area contributed by atoms with Crippen molar-refractivity contribution >= 4 is 67.8 Å². The van der Waals surface area contributed by atoms with Gasteiger partial charge in [-0.15, -0.1) is 10.2 Å². The zero-order valence-electron chi connectivity index (χ0n) is 21.7. The van der Waals surface area contributed by atoms with Gasteiger partial charge in [-0.2, -0.15) is 0 Å².